The predicted molar refractivity (Wildman–Crippen MR) is 87.8 cm³/mol. The summed E-state index contributed by atoms with van der Waals surface area (Å²) in [6, 6.07) is 13.6. The van der Waals surface area contributed by atoms with E-state index in [4.69, 9.17) is 4.74 Å². The zero-order chi connectivity index (χ0) is 15.9. The molecule has 2 aromatic carbocycles. The van der Waals surface area contributed by atoms with Crippen LogP contribution >= 0.6 is 27.7 Å². The van der Waals surface area contributed by atoms with Crippen molar-refractivity contribution in [1.82, 2.24) is 0 Å². The lowest BCUT2D eigenvalue weighted by molar-refractivity contribution is -0.384. The second-order valence-electron chi connectivity index (χ2n) is 4.33. The number of esters is 1. The molecule has 0 unspecified atom stereocenters. The molecule has 0 saturated carbocycles. The molecule has 0 fully saturated rings. The Morgan fingerprint density at radius 1 is 1.14 bits per heavy atom. The summed E-state index contributed by atoms with van der Waals surface area (Å²) >= 11 is 4.74. The summed E-state index contributed by atoms with van der Waals surface area (Å²) in [5.74, 6) is -0.111. The fourth-order valence-corrected chi connectivity index (χ4v) is 2.55. The Kier molecular flexibility index (Phi) is 5.97. The molecule has 114 valence electrons. The normalized spacial score (nSPS) is 10.2. The molecule has 0 aliphatic carbocycles. The SMILES string of the molecule is O=C(CSc1ccc(Br)cc1)OCc1ccc([N+](=O)[O-])cc1. The molecular weight excluding hydrogens is 370 g/mol. The van der Waals surface area contributed by atoms with Crippen molar-refractivity contribution in [3.05, 3.63) is 68.7 Å². The van der Waals surface area contributed by atoms with Crippen LogP contribution in [0.2, 0.25) is 0 Å². The molecule has 0 amide bonds. The smallest absolute Gasteiger partial charge is 0.316 e. The Hall–Kier alpha value is -1.86. The maximum Gasteiger partial charge on any atom is 0.316 e. The summed E-state index contributed by atoms with van der Waals surface area (Å²) in [7, 11) is 0. The summed E-state index contributed by atoms with van der Waals surface area (Å²) in [6.07, 6.45) is 0. The van der Waals surface area contributed by atoms with E-state index < -0.39 is 4.92 Å². The Bertz CT molecular complexity index is 658. The lowest BCUT2D eigenvalue weighted by Crippen LogP contribution is -2.07. The second-order valence-corrected chi connectivity index (χ2v) is 6.29. The molecule has 0 radical (unpaired) electrons. The molecule has 0 bridgehead atoms. The van der Waals surface area contributed by atoms with Gasteiger partial charge >= 0.3 is 5.97 Å². The topological polar surface area (TPSA) is 69.4 Å². The molecule has 0 heterocycles. The number of thioether (sulfide) groups is 1. The van der Waals surface area contributed by atoms with E-state index >= 15 is 0 Å². The Balaban J connectivity index is 1.77. The Labute approximate surface area is 140 Å². The van der Waals surface area contributed by atoms with Crippen molar-refractivity contribution in [3.8, 4) is 0 Å². The number of rotatable bonds is 6. The second kappa shape index (κ2) is 7.95. The van der Waals surface area contributed by atoms with Gasteiger partial charge in [0, 0.05) is 21.5 Å². The van der Waals surface area contributed by atoms with Crippen LogP contribution < -0.4 is 0 Å². The summed E-state index contributed by atoms with van der Waals surface area (Å²) in [5.41, 5.74) is 0.730. The van der Waals surface area contributed by atoms with Gasteiger partial charge in [-0.3, -0.25) is 14.9 Å². The van der Waals surface area contributed by atoms with Gasteiger partial charge in [0.1, 0.15) is 6.61 Å². The van der Waals surface area contributed by atoms with Crippen LogP contribution in [0.4, 0.5) is 5.69 Å². The summed E-state index contributed by atoms with van der Waals surface area (Å²) in [6.45, 7) is 0.109. The number of hydrogen-bond acceptors (Lipinski definition) is 5. The highest BCUT2D eigenvalue weighted by Gasteiger charge is 2.07. The number of non-ortho nitro benzene ring substituents is 1. The number of nitrogens with zero attached hydrogens (tertiary/aromatic N) is 1. The van der Waals surface area contributed by atoms with Crippen LogP contribution in [0.5, 0.6) is 0 Å². The van der Waals surface area contributed by atoms with Crippen LogP contribution in [0, 0.1) is 10.1 Å². The van der Waals surface area contributed by atoms with Crippen LogP contribution in [0.1, 0.15) is 5.56 Å². The molecule has 22 heavy (non-hydrogen) atoms. The molecule has 0 aliphatic heterocycles. The van der Waals surface area contributed by atoms with Crippen LogP contribution in [-0.2, 0) is 16.1 Å². The van der Waals surface area contributed by atoms with Gasteiger partial charge in [-0.05, 0) is 42.0 Å². The molecule has 5 nitrogen and oxygen atoms in total. The largest absolute Gasteiger partial charge is 0.460 e. The van der Waals surface area contributed by atoms with E-state index in [-0.39, 0.29) is 24.0 Å². The molecule has 0 saturated heterocycles. The lowest BCUT2D eigenvalue weighted by atomic mass is 10.2. The van der Waals surface area contributed by atoms with Crippen molar-refractivity contribution in [2.24, 2.45) is 0 Å². The standard InChI is InChI=1S/C15H12BrNO4S/c16-12-3-7-14(8-4-12)22-10-15(18)21-9-11-1-5-13(6-2-11)17(19)20/h1-8H,9-10H2. The first-order chi connectivity index (χ1) is 10.5. The van der Waals surface area contributed by atoms with Crippen molar-refractivity contribution < 1.29 is 14.5 Å². The van der Waals surface area contributed by atoms with E-state index in [0.29, 0.717) is 5.56 Å². The van der Waals surface area contributed by atoms with Gasteiger partial charge in [-0.1, -0.05) is 15.9 Å². The van der Waals surface area contributed by atoms with E-state index in [0.717, 1.165) is 9.37 Å². The van der Waals surface area contributed by atoms with Gasteiger partial charge in [0.05, 0.1) is 10.7 Å². The molecule has 0 spiro atoms. The molecule has 0 atom stereocenters. The zero-order valence-corrected chi connectivity index (χ0v) is 13.8. The van der Waals surface area contributed by atoms with E-state index in [9.17, 15) is 14.9 Å². The number of hydrogen-bond donors (Lipinski definition) is 0. The van der Waals surface area contributed by atoms with Gasteiger partial charge in [0.25, 0.3) is 5.69 Å². The Morgan fingerprint density at radius 3 is 2.36 bits per heavy atom. The monoisotopic (exact) mass is 381 g/mol. The zero-order valence-electron chi connectivity index (χ0n) is 11.4. The molecule has 0 aliphatic rings. The molecular formula is C15H12BrNO4S. The van der Waals surface area contributed by atoms with Gasteiger partial charge in [-0.25, -0.2) is 0 Å². The fourth-order valence-electron chi connectivity index (χ4n) is 1.59. The van der Waals surface area contributed by atoms with E-state index in [1.807, 2.05) is 24.3 Å². The van der Waals surface area contributed by atoms with Crippen LogP contribution in [-0.4, -0.2) is 16.6 Å². The number of halogens is 1. The minimum absolute atomic E-state index is 0.0147. The first kappa shape index (κ1) is 16.5. The predicted octanol–water partition coefficient (Wildman–Crippen LogP) is 4.19. The molecule has 7 heteroatoms. The average Bonchev–Trinajstić information content (AvgIpc) is 2.52. The van der Waals surface area contributed by atoms with Crippen molar-refractivity contribution in [2.45, 2.75) is 11.5 Å². The number of carbonyl (C=O) groups is 1. The maximum atomic E-state index is 11.7. The summed E-state index contributed by atoms with van der Waals surface area (Å²) < 4.78 is 6.12. The average molecular weight is 382 g/mol. The maximum absolute atomic E-state index is 11.7. The molecule has 0 aromatic heterocycles. The quantitative estimate of drug-likeness (QED) is 0.324. The van der Waals surface area contributed by atoms with Gasteiger partial charge in [-0.2, -0.15) is 0 Å². The molecule has 2 aromatic rings. The van der Waals surface area contributed by atoms with Gasteiger partial charge in [0.2, 0.25) is 0 Å². The van der Waals surface area contributed by atoms with E-state index in [1.54, 1.807) is 12.1 Å². The molecule has 0 N–H and O–H groups in total. The van der Waals surface area contributed by atoms with Crippen molar-refractivity contribution in [1.29, 1.82) is 0 Å². The third-order valence-electron chi connectivity index (χ3n) is 2.72. The van der Waals surface area contributed by atoms with Crippen molar-refractivity contribution in [3.63, 3.8) is 0 Å². The van der Waals surface area contributed by atoms with Crippen LogP contribution in [0.25, 0.3) is 0 Å². The Morgan fingerprint density at radius 2 is 1.77 bits per heavy atom. The number of carbonyl (C=O) groups excluding carboxylic acids is 1. The van der Waals surface area contributed by atoms with Crippen LogP contribution in [0.15, 0.2) is 57.9 Å². The highest BCUT2D eigenvalue weighted by Crippen LogP contribution is 2.21. The molecule has 2 rings (SSSR count). The van der Waals surface area contributed by atoms with Crippen molar-refractivity contribution >= 4 is 39.3 Å². The first-order valence-corrected chi connectivity index (χ1v) is 8.10. The third-order valence-corrected chi connectivity index (χ3v) is 4.23. The van der Waals surface area contributed by atoms with Crippen LogP contribution in [0.3, 0.4) is 0 Å². The van der Waals surface area contributed by atoms with Gasteiger partial charge in [0.15, 0.2) is 0 Å². The number of ether oxygens (including phenoxy) is 1. The summed E-state index contributed by atoms with van der Waals surface area (Å²) in [5, 5.41) is 10.5. The minimum Gasteiger partial charge on any atom is -0.460 e. The minimum atomic E-state index is -0.468. The van der Waals surface area contributed by atoms with E-state index in [2.05, 4.69) is 15.9 Å². The number of nitro groups is 1. The highest BCUT2D eigenvalue weighted by atomic mass is 79.9. The van der Waals surface area contributed by atoms with Gasteiger partial charge in [-0.15, -0.1) is 11.8 Å². The van der Waals surface area contributed by atoms with Crippen molar-refractivity contribution in [2.75, 3.05) is 5.75 Å². The third kappa shape index (κ3) is 5.16. The van der Waals surface area contributed by atoms with E-state index in [1.165, 1.54) is 23.9 Å². The number of nitro benzene ring substituents is 1. The summed E-state index contributed by atoms with van der Waals surface area (Å²) in [4.78, 5) is 22.7. The fraction of sp³-hybridized carbons (Fsp3) is 0.133. The first-order valence-electron chi connectivity index (χ1n) is 6.32. The lowest BCUT2D eigenvalue weighted by Gasteiger charge is -2.05. The number of benzene rings is 2. The highest BCUT2D eigenvalue weighted by molar-refractivity contribution is 9.10. The van der Waals surface area contributed by atoms with Gasteiger partial charge < -0.3 is 4.74 Å².